The maximum absolute atomic E-state index is 12.1. The zero-order valence-electron chi connectivity index (χ0n) is 14.3. The molecular weight excluding hydrogens is 374 g/mol. The van der Waals surface area contributed by atoms with Gasteiger partial charge in [0.2, 0.25) is 0 Å². The summed E-state index contributed by atoms with van der Waals surface area (Å²) in [7, 11) is 1.57. The van der Waals surface area contributed by atoms with Crippen molar-refractivity contribution in [3.05, 3.63) is 33.8 Å². The van der Waals surface area contributed by atoms with Crippen molar-refractivity contribution in [1.82, 2.24) is 9.96 Å². The van der Waals surface area contributed by atoms with Crippen molar-refractivity contribution < 1.29 is 14.7 Å². The molecule has 0 aliphatic carbocycles. The third-order valence-electron chi connectivity index (χ3n) is 3.75. The first-order valence-electron chi connectivity index (χ1n) is 7.64. The number of hydroxylamine groups is 2. The molecule has 1 fully saturated rings. The minimum Gasteiger partial charge on any atom is -0.444 e. The Morgan fingerprint density at radius 3 is 2.58 bits per heavy atom. The van der Waals surface area contributed by atoms with Crippen LogP contribution in [0, 0.1) is 11.3 Å². The maximum atomic E-state index is 12.1. The van der Waals surface area contributed by atoms with E-state index in [1.54, 1.807) is 7.05 Å². The molecule has 130 valence electrons. The minimum absolute atomic E-state index is 0.302. The number of ether oxygens (including phenoxy) is 1. The average Bonchev–Trinajstić information content (AvgIpc) is 2.37. The zero-order chi connectivity index (χ0) is 18.1. The largest absolute Gasteiger partial charge is 0.444 e. The fraction of sp³-hybridized carbons (Fsp3) is 0.529. The number of hydrogen-bond donors (Lipinski definition) is 1. The van der Waals surface area contributed by atoms with Crippen LogP contribution >= 0.6 is 15.9 Å². The molecule has 0 bridgehead atoms. The molecule has 0 saturated carbocycles. The van der Waals surface area contributed by atoms with Crippen molar-refractivity contribution in [2.24, 2.45) is 0 Å². The van der Waals surface area contributed by atoms with Crippen LogP contribution in [0.15, 0.2) is 22.7 Å². The Balaban J connectivity index is 2.14. The predicted octanol–water partition coefficient (Wildman–Crippen LogP) is 3.28. The van der Waals surface area contributed by atoms with Gasteiger partial charge in [-0.1, -0.05) is 28.1 Å². The van der Waals surface area contributed by atoms with Crippen LogP contribution in [-0.2, 0) is 16.7 Å². The van der Waals surface area contributed by atoms with Crippen molar-refractivity contribution in [1.29, 1.82) is 5.26 Å². The molecular formula is C17H22BrN3O3. The summed E-state index contributed by atoms with van der Waals surface area (Å²) in [5.74, 6) is 0. The van der Waals surface area contributed by atoms with Gasteiger partial charge in [-0.25, -0.2) is 4.79 Å². The van der Waals surface area contributed by atoms with Crippen molar-refractivity contribution in [3.63, 3.8) is 0 Å². The van der Waals surface area contributed by atoms with E-state index in [-0.39, 0.29) is 0 Å². The van der Waals surface area contributed by atoms with Crippen LogP contribution < -0.4 is 0 Å². The number of hydrogen-bond acceptors (Lipinski definition) is 5. The highest BCUT2D eigenvalue weighted by molar-refractivity contribution is 9.10. The van der Waals surface area contributed by atoms with Gasteiger partial charge in [-0.2, -0.15) is 10.3 Å². The predicted molar refractivity (Wildman–Crippen MR) is 92.5 cm³/mol. The van der Waals surface area contributed by atoms with E-state index >= 15 is 0 Å². The van der Waals surface area contributed by atoms with Gasteiger partial charge in [0, 0.05) is 31.2 Å². The van der Waals surface area contributed by atoms with Gasteiger partial charge in [0.15, 0.2) is 0 Å². The van der Waals surface area contributed by atoms with Crippen LogP contribution in [0.5, 0.6) is 0 Å². The van der Waals surface area contributed by atoms with Crippen LogP contribution in [0.4, 0.5) is 4.79 Å². The smallest absolute Gasteiger partial charge is 0.410 e. The SMILES string of the molecule is CN(O)Cc1ccc(C2(C#N)CN(C(=O)OC(C)(C)C)C2)c(Br)c1. The van der Waals surface area contributed by atoms with Gasteiger partial charge >= 0.3 is 6.09 Å². The minimum atomic E-state index is -0.737. The van der Waals surface area contributed by atoms with E-state index in [0.717, 1.165) is 20.7 Å². The number of nitrogens with zero attached hydrogens (tertiary/aromatic N) is 3. The molecule has 0 atom stereocenters. The fourth-order valence-corrected chi connectivity index (χ4v) is 3.48. The summed E-state index contributed by atoms with van der Waals surface area (Å²) < 4.78 is 6.14. The molecule has 1 aliphatic heterocycles. The van der Waals surface area contributed by atoms with Gasteiger partial charge in [-0.15, -0.1) is 0 Å². The van der Waals surface area contributed by atoms with Crippen molar-refractivity contribution in [2.75, 3.05) is 20.1 Å². The number of nitriles is 1. The molecule has 1 amide bonds. The molecule has 6 nitrogen and oxygen atoms in total. The van der Waals surface area contributed by atoms with Gasteiger partial charge in [-0.05, 0) is 38.0 Å². The van der Waals surface area contributed by atoms with Crippen molar-refractivity contribution in [2.45, 2.75) is 38.3 Å². The third-order valence-corrected chi connectivity index (χ3v) is 4.40. The molecule has 1 aromatic rings. The number of carbonyl (C=O) groups is 1. The highest BCUT2D eigenvalue weighted by atomic mass is 79.9. The van der Waals surface area contributed by atoms with Gasteiger partial charge in [0.1, 0.15) is 11.0 Å². The molecule has 2 rings (SSSR count). The van der Waals surface area contributed by atoms with Crippen LogP contribution in [-0.4, -0.2) is 47.0 Å². The fourth-order valence-electron chi connectivity index (χ4n) is 2.67. The molecule has 1 saturated heterocycles. The van der Waals surface area contributed by atoms with Crippen molar-refractivity contribution in [3.8, 4) is 6.07 Å². The normalized spacial score (nSPS) is 16.5. The lowest BCUT2D eigenvalue weighted by molar-refractivity contribution is -0.0731. The second-order valence-electron chi connectivity index (χ2n) is 7.16. The van der Waals surface area contributed by atoms with Gasteiger partial charge in [0.05, 0.1) is 6.07 Å². The number of benzene rings is 1. The first kappa shape index (κ1) is 18.7. The van der Waals surface area contributed by atoms with E-state index in [1.807, 2.05) is 39.0 Å². The number of likely N-dealkylation sites (tertiary alicyclic amines) is 1. The number of halogens is 1. The highest BCUT2D eigenvalue weighted by Crippen LogP contribution is 2.39. The molecule has 0 aromatic heterocycles. The first-order chi connectivity index (χ1) is 11.1. The van der Waals surface area contributed by atoms with Gasteiger partial charge in [0.25, 0.3) is 0 Å². The Hall–Kier alpha value is -1.62. The van der Waals surface area contributed by atoms with E-state index in [2.05, 4.69) is 22.0 Å². The molecule has 24 heavy (non-hydrogen) atoms. The second-order valence-corrected chi connectivity index (χ2v) is 8.01. The Morgan fingerprint density at radius 1 is 1.50 bits per heavy atom. The molecule has 0 spiro atoms. The molecule has 7 heteroatoms. The quantitative estimate of drug-likeness (QED) is 0.794. The van der Waals surface area contributed by atoms with Crippen LogP contribution in [0.2, 0.25) is 0 Å². The number of amides is 1. The Kier molecular flexibility index (Phi) is 5.23. The van der Waals surface area contributed by atoms with Gasteiger partial charge < -0.3 is 14.8 Å². The summed E-state index contributed by atoms with van der Waals surface area (Å²) >= 11 is 3.51. The van der Waals surface area contributed by atoms with E-state index in [1.165, 1.54) is 4.90 Å². The summed E-state index contributed by atoms with van der Waals surface area (Å²) in [4.78, 5) is 13.6. The second kappa shape index (κ2) is 6.71. The molecule has 1 aromatic carbocycles. The Labute approximate surface area is 150 Å². The van der Waals surface area contributed by atoms with Gasteiger partial charge in [-0.3, -0.25) is 0 Å². The molecule has 1 N–H and O–H groups in total. The van der Waals surface area contributed by atoms with E-state index in [4.69, 9.17) is 4.74 Å². The summed E-state index contributed by atoms with van der Waals surface area (Å²) in [5.41, 5.74) is 0.473. The summed E-state index contributed by atoms with van der Waals surface area (Å²) in [5, 5.41) is 20.1. The molecule has 0 unspecified atom stereocenters. The highest BCUT2D eigenvalue weighted by Gasteiger charge is 2.49. The van der Waals surface area contributed by atoms with Crippen molar-refractivity contribution >= 4 is 22.0 Å². The lowest BCUT2D eigenvalue weighted by atomic mass is 9.75. The first-order valence-corrected chi connectivity index (χ1v) is 8.44. The van der Waals surface area contributed by atoms with E-state index in [0.29, 0.717) is 19.6 Å². The van der Waals surface area contributed by atoms with Crippen LogP contribution in [0.1, 0.15) is 31.9 Å². The maximum Gasteiger partial charge on any atom is 0.410 e. The summed E-state index contributed by atoms with van der Waals surface area (Å²) in [6.07, 6.45) is -0.400. The lowest BCUT2D eigenvalue weighted by Crippen LogP contribution is -2.61. The molecule has 1 heterocycles. The van der Waals surface area contributed by atoms with Crippen LogP contribution in [0.25, 0.3) is 0 Å². The number of rotatable bonds is 3. The lowest BCUT2D eigenvalue weighted by Gasteiger charge is -2.46. The van der Waals surface area contributed by atoms with E-state index in [9.17, 15) is 15.3 Å². The average molecular weight is 396 g/mol. The monoisotopic (exact) mass is 395 g/mol. The topological polar surface area (TPSA) is 76.8 Å². The standard InChI is InChI=1S/C17H22BrN3O3/c1-16(2,3)24-15(22)21-10-17(9-19,11-21)13-6-5-12(7-14(13)18)8-20(4)23/h5-7,23H,8,10-11H2,1-4H3. The Morgan fingerprint density at radius 2 is 2.12 bits per heavy atom. The van der Waals surface area contributed by atoms with E-state index < -0.39 is 17.1 Å². The Bertz CT molecular complexity index is 671. The number of carbonyl (C=O) groups excluding carboxylic acids is 1. The summed E-state index contributed by atoms with van der Waals surface area (Å²) in [6, 6.07) is 7.98. The third kappa shape index (κ3) is 4.07. The van der Waals surface area contributed by atoms with Crippen LogP contribution in [0.3, 0.4) is 0 Å². The summed E-state index contributed by atoms with van der Waals surface area (Å²) in [6.45, 7) is 6.44. The zero-order valence-corrected chi connectivity index (χ0v) is 15.9. The molecule has 0 radical (unpaired) electrons. The molecule has 1 aliphatic rings.